The molecule has 3 nitrogen and oxygen atoms in total. The highest BCUT2D eigenvalue weighted by Crippen LogP contribution is 2.35. The second-order valence-corrected chi connectivity index (χ2v) is 8.94. The minimum atomic E-state index is 0.467. The van der Waals surface area contributed by atoms with Gasteiger partial charge in [-0.05, 0) is 75.0 Å². The molecule has 0 spiro atoms. The van der Waals surface area contributed by atoms with Crippen LogP contribution >= 0.6 is 12.2 Å². The third-order valence-corrected chi connectivity index (χ3v) is 6.44. The highest BCUT2D eigenvalue weighted by atomic mass is 32.1. The lowest BCUT2D eigenvalue weighted by atomic mass is 9.81. The Morgan fingerprint density at radius 1 is 1.00 bits per heavy atom. The average molecular weight is 394 g/mol. The fraction of sp³-hybridized carbons (Fsp3) is 0.458. The first-order valence-electron chi connectivity index (χ1n) is 10.5. The molecule has 0 radical (unpaired) electrons. The number of nitrogens with one attached hydrogen (secondary N) is 2. The van der Waals surface area contributed by atoms with E-state index in [1.165, 1.54) is 48.8 Å². The average Bonchev–Trinajstić information content (AvgIpc) is 2.64. The maximum atomic E-state index is 5.60. The van der Waals surface area contributed by atoms with Crippen LogP contribution in [0.5, 0.6) is 0 Å². The van der Waals surface area contributed by atoms with Gasteiger partial charge in [0.2, 0.25) is 0 Å². The normalized spacial score (nSPS) is 24.6. The van der Waals surface area contributed by atoms with E-state index in [2.05, 4.69) is 77.9 Å². The monoisotopic (exact) mass is 393 g/mol. The molecular weight excluding hydrogens is 362 g/mol. The molecule has 4 rings (SSSR count). The lowest BCUT2D eigenvalue weighted by Crippen LogP contribution is -2.56. The fourth-order valence-electron chi connectivity index (χ4n) is 4.83. The number of fused-ring (bicyclic) bond motifs is 2. The number of piperidine rings is 2. The third kappa shape index (κ3) is 4.73. The molecule has 2 aliphatic rings. The van der Waals surface area contributed by atoms with Crippen molar-refractivity contribution in [1.82, 2.24) is 10.2 Å². The van der Waals surface area contributed by atoms with Gasteiger partial charge in [-0.1, -0.05) is 48.4 Å². The quantitative estimate of drug-likeness (QED) is 0.700. The highest BCUT2D eigenvalue weighted by Gasteiger charge is 2.38. The first-order valence-corrected chi connectivity index (χ1v) is 10.9. The topological polar surface area (TPSA) is 27.3 Å². The van der Waals surface area contributed by atoms with Crippen LogP contribution in [0.1, 0.15) is 48.8 Å². The van der Waals surface area contributed by atoms with Crippen LogP contribution in [0.3, 0.4) is 0 Å². The van der Waals surface area contributed by atoms with E-state index in [9.17, 15) is 0 Å². The van der Waals surface area contributed by atoms with Crippen LogP contribution in [0.15, 0.2) is 48.5 Å². The highest BCUT2D eigenvalue weighted by molar-refractivity contribution is 7.80. The number of hydrogen-bond donors (Lipinski definition) is 2. The van der Waals surface area contributed by atoms with Gasteiger partial charge in [0.15, 0.2) is 5.11 Å². The van der Waals surface area contributed by atoms with Gasteiger partial charge in [-0.3, -0.25) is 4.90 Å². The van der Waals surface area contributed by atoms with E-state index >= 15 is 0 Å². The standard InChI is InChI=1S/C24H31N3S/c1-17-9-11-19(12-10-17)16-27-22-7-4-8-23(27)15-21(14-22)26-24(28)25-20-6-3-5-18(2)13-20/h3,5-6,9-13,21-23H,4,7-8,14-16H2,1-2H3,(H2,25,26,28)/t22-,23-/m0/s1. The maximum absolute atomic E-state index is 5.60. The molecule has 2 bridgehead atoms. The Hall–Kier alpha value is -1.91. The molecule has 2 atom stereocenters. The zero-order valence-electron chi connectivity index (χ0n) is 16.9. The smallest absolute Gasteiger partial charge is 0.170 e. The predicted molar refractivity (Wildman–Crippen MR) is 122 cm³/mol. The van der Waals surface area contributed by atoms with Gasteiger partial charge < -0.3 is 10.6 Å². The van der Waals surface area contributed by atoms with Crippen LogP contribution in [0, 0.1) is 13.8 Å². The molecule has 2 aliphatic heterocycles. The molecule has 0 unspecified atom stereocenters. The predicted octanol–water partition coefficient (Wildman–Crippen LogP) is 5.18. The molecule has 2 N–H and O–H groups in total. The molecule has 2 aromatic carbocycles. The van der Waals surface area contributed by atoms with Gasteiger partial charge in [-0.2, -0.15) is 0 Å². The van der Waals surface area contributed by atoms with E-state index in [0.29, 0.717) is 18.1 Å². The Bertz CT molecular complexity index is 803. The van der Waals surface area contributed by atoms with Gasteiger partial charge in [-0.25, -0.2) is 0 Å². The molecular formula is C24H31N3S. The number of nitrogens with zero attached hydrogens (tertiary/aromatic N) is 1. The van der Waals surface area contributed by atoms with Crippen LogP contribution in [0.2, 0.25) is 0 Å². The second-order valence-electron chi connectivity index (χ2n) is 8.53. The van der Waals surface area contributed by atoms with Gasteiger partial charge in [-0.15, -0.1) is 0 Å². The third-order valence-electron chi connectivity index (χ3n) is 6.22. The molecule has 0 amide bonds. The van der Waals surface area contributed by atoms with Crippen LogP contribution in [-0.4, -0.2) is 28.1 Å². The summed E-state index contributed by atoms with van der Waals surface area (Å²) in [5.74, 6) is 0. The van der Waals surface area contributed by atoms with E-state index in [1.54, 1.807) is 0 Å². The second kappa shape index (κ2) is 8.62. The molecule has 28 heavy (non-hydrogen) atoms. The molecule has 0 aliphatic carbocycles. The summed E-state index contributed by atoms with van der Waals surface area (Å²) in [6.07, 6.45) is 6.33. The van der Waals surface area contributed by atoms with Gasteiger partial charge in [0.1, 0.15) is 0 Å². The van der Waals surface area contributed by atoms with Gasteiger partial charge in [0.05, 0.1) is 0 Å². The lowest BCUT2D eigenvalue weighted by molar-refractivity contribution is 0.0212. The number of benzene rings is 2. The van der Waals surface area contributed by atoms with Crippen LogP contribution in [0.25, 0.3) is 0 Å². The van der Waals surface area contributed by atoms with Crippen molar-refractivity contribution in [3.8, 4) is 0 Å². The fourth-order valence-corrected chi connectivity index (χ4v) is 5.12. The largest absolute Gasteiger partial charge is 0.360 e. The lowest BCUT2D eigenvalue weighted by Gasteiger charge is -2.49. The first-order chi connectivity index (χ1) is 13.6. The summed E-state index contributed by atoms with van der Waals surface area (Å²) in [7, 11) is 0. The van der Waals surface area contributed by atoms with Crippen LogP contribution in [0.4, 0.5) is 5.69 Å². The number of rotatable bonds is 4. The molecule has 2 fully saturated rings. The zero-order valence-corrected chi connectivity index (χ0v) is 17.8. The minimum Gasteiger partial charge on any atom is -0.360 e. The number of anilines is 1. The number of aryl methyl sites for hydroxylation is 2. The Morgan fingerprint density at radius 2 is 1.71 bits per heavy atom. The molecule has 4 heteroatoms. The van der Waals surface area contributed by atoms with Crippen molar-refractivity contribution < 1.29 is 0 Å². The Balaban J connectivity index is 1.36. The van der Waals surface area contributed by atoms with Crippen molar-refractivity contribution in [1.29, 1.82) is 0 Å². The van der Waals surface area contributed by atoms with Crippen molar-refractivity contribution in [3.05, 3.63) is 65.2 Å². The Labute approximate surface area is 174 Å². The van der Waals surface area contributed by atoms with Crippen molar-refractivity contribution in [2.45, 2.75) is 70.6 Å². The number of hydrogen-bond acceptors (Lipinski definition) is 2. The van der Waals surface area contributed by atoms with E-state index in [4.69, 9.17) is 12.2 Å². The van der Waals surface area contributed by atoms with E-state index < -0.39 is 0 Å². The van der Waals surface area contributed by atoms with E-state index in [-0.39, 0.29) is 0 Å². The summed E-state index contributed by atoms with van der Waals surface area (Å²) in [5.41, 5.74) is 5.08. The maximum Gasteiger partial charge on any atom is 0.170 e. The summed E-state index contributed by atoms with van der Waals surface area (Å²) in [4.78, 5) is 2.75. The van der Waals surface area contributed by atoms with E-state index in [0.717, 1.165) is 17.3 Å². The summed E-state index contributed by atoms with van der Waals surface area (Å²) >= 11 is 5.60. The molecule has 2 heterocycles. The molecule has 2 aromatic rings. The summed E-state index contributed by atoms with van der Waals surface area (Å²) in [6, 6.07) is 19.2. The van der Waals surface area contributed by atoms with Crippen molar-refractivity contribution in [3.63, 3.8) is 0 Å². The minimum absolute atomic E-state index is 0.467. The summed E-state index contributed by atoms with van der Waals surface area (Å²) in [5, 5.41) is 7.71. The van der Waals surface area contributed by atoms with Gasteiger partial charge in [0, 0.05) is 30.4 Å². The molecule has 2 saturated heterocycles. The van der Waals surface area contributed by atoms with Crippen LogP contribution < -0.4 is 10.6 Å². The molecule has 148 valence electrons. The number of thiocarbonyl (C=S) groups is 1. The van der Waals surface area contributed by atoms with E-state index in [1.807, 2.05) is 0 Å². The first kappa shape index (κ1) is 19.4. The Kier molecular flexibility index (Phi) is 5.98. The summed E-state index contributed by atoms with van der Waals surface area (Å²) in [6.45, 7) is 5.34. The van der Waals surface area contributed by atoms with Crippen molar-refractivity contribution >= 4 is 23.0 Å². The summed E-state index contributed by atoms with van der Waals surface area (Å²) < 4.78 is 0. The molecule has 0 saturated carbocycles. The molecule has 0 aromatic heterocycles. The van der Waals surface area contributed by atoms with Crippen molar-refractivity contribution in [2.75, 3.05) is 5.32 Å². The van der Waals surface area contributed by atoms with Crippen LogP contribution in [-0.2, 0) is 6.54 Å². The SMILES string of the molecule is Cc1ccc(CN2[C@H]3CCC[C@H]2CC(NC(=S)Nc2cccc(C)c2)C3)cc1. The Morgan fingerprint density at radius 3 is 2.39 bits per heavy atom. The van der Waals surface area contributed by atoms with Gasteiger partial charge >= 0.3 is 0 Å². The van der Waals surface area contributed by atoms with Crippen molar-refractivity contribution in [2.24, 2.45) is 0 Å². The van der Waals surface area contributed by atoms with Gasteiger partial charge in [0.25, 0.3) is 0 Å². The zero-order chi connectivity index (χ0) is 19.5.